The van der Waals surface area contributed by atoms with Crippen LogP contribution in [0.25, 0.3) is 0 Å². The van der Waals surface area contributed by atoms with E-state index in [2.05, 4.69) is 5.32 Å². The number of halogens is 1. The van der Waals surface area contributed by atoms with Gasteiger partial charge >= 0.3 is 0 Å². The summed E-state index contributed by atoms with van der Waals surface area (Å²) in [6.45, 7) is -0.160. The van der Waals surface area contributed by atoms with Gasteiger partial charge in [-0.15, -0.1) is 0 Å². The van der Waals surface area contributed by atoms with Crippen molar-refractivity contribution in [1.82, 2.24) is 5.32 Å². The van der Waals surface area contributed by atoms with Gasteiger partial charge in [0.2, 0.25) is 5.91 Å². The summed E-state index contributed by atoms with van der Waals surface area (Å²) in [7, 11) is 0. The molecule has 0 radical (unpaired) electrons. The molecule has 0 spiro atoms. The SMILES string of the molecule is NC(=O)c1ccc(OCC(=O)N[C@@H](c2ccccc2)c2ccc(Cl)cc2)cc1. The van der Waals surface area contributed by atoms with Gasteiger partial charge in [-0.2, -0.15) is 0 Å². The van der Waals surface area contributed by atoms with Gasteiger partial charge in [-0.1, -0.05) is 54.1 Å². The molecule has 0 aliphatic heterocycles. The Morgan fingerprint density at radius 1 is 0.893 bits per heavy atom. The third-order valence-corrected chi connectivity index (χ3v) is 4.40. The van der Waals surface area contributed by atoms with Gasteiger partial charge in [0, 0.05) is 10.6 Å². The standard InChI is InChI=1S/C22H19ClN2O3/c23-18-10-6-16(7-11-18)21(15-4-2-1-3-5-15)25-20(26)14-28-19-12-8-17(9-13-19)22(24)27/h1-13,21H,14H2,(H2,24,27)(H,25,26)/t21-/m0/s1. The number of rotatable bonds is 7. The maximum absolute atomic E-state index is 12.5. The summed E-state index contributed by atoms with van der Waals surface area (Å²) < 4.78 is 5.51. The lowest BCUT2D eigenvalue weighted by Gasteiger charge is -2.20. The Morgan fingerprint density at radius 3 is 2.11 bits per heavy atom. The molecule has 2 amide bonds. The molecule has 3 rings (SSSR count). The van der Waals surface area contributed by atoms with E-state index in [4.69, 9.17) is 22.1 Å². The Kier molecular flexibility index (Phi) is 6.29. The van der Waals surface area contributed by atoms with Crippen LogP contribution in [0.5, 0.6) is 5.75 Å². The predicted octanol–water partition coefficient (Wildman–Crippen LogP) is 3.72. The van der Waals surface area contributed by atoms with Crippen molar-refractivity contribution in [1.29, 1.82) is 0 Å². The smallest absolute Gasteiger partial charge is 0.258 e. The number of amides is 2. The van der Waals surface area contributed by atoms with Gasteiger partial charge in [0.15, 0.2) is 6.61 Å². The molecule has 3 aromatic rings. The van der Waals surface area contributed by atoms with Crippen molar-refractivity contribution < 1.29 is 14.3 Å². The van der Waals surface area contributed by atoms with E-state index >= 15 is 0 Å². The monoisotopic (exact) mass is 394 g/mol. The van der Waals surface area contributed by atoms with Gasteiger partial charge in [0.05, 0.1) is 6.04 Å². The van der Waals surface area contributed by atoms with Crippen LogP contribution in [0.4, 0.5) is 0 Å². The van der Waals surface area contributed by atoms with E-state index in [1.807, 2.05) is 42.5 Å². The second-order valence-electron chi connectivity index (χ2n) is 6.14. The molecule has 5 nitrogen and oxygen atoms in total. The molecule has 0 unspecified atom stereocenters. The summed E-state index contributed by atoms with van der Waals surface area (Å²) in [6.07, 6.45) is 0. The van der Waals surface area contributed by atoms with Gasteiger partial charge in [-0.05, 0) is 47.5 Å². The fourth-order valence-corrected chi connectivity index (χ4v) is 2.85. The van der Waals surface area contributed by atoms with E-state index in [1.54, 1.807) is 36.4 Å². The molecule has 6 heteroatoms. The molecule has 3 N–H and O–H groups in total. The zero-order chi connectivity index (χ0) is 19.9. The number of carbonyl (C=O) groups is 2. The molecule has 0 saturated heterocycles. The van der Waals surface area contributed by atoms with Crippen molar-refractivity contribution >= 4 is 23.4 Å². The van der Waals surface area contributed by atoms with Gasteiger partial charge in [0.1, 0.15) is 5.75 Å². The topological polar surface area (TPSA) is 81.4 Å². The Balaban J connectivity index is 1.69. The number of benzene rings is 3. The van der Waals surface area contributed by atoms with Gasteiger partial charge in [-0.3, -0.25) is 9.59 Å². The van der Waals surface area contributed by atoms with Crippen LogP contribution < -0.4 is 15.8 Å². The van der Waals surface area contributed by atoms with Crippen molar-refractivity contribution in [2.45, 2.75) is 6.04 Å². The number of hydrogen-bond donors (Lipinski definition) is 2. The van der Waals surface area contributed by atoms with Crippen molar-refractivity contribution in [2.75, 3.05) is 6.61 Å². The van der Waals surface area contributed by atoms with E-state index in [1.165, 1.54) is 0 Å². The van der Waals surface area contributed by atoms with E-state index in [-0.39, 0.29) is 18.6 Å². The van der Waals surface area contributed by atoms with Crippen molar-refractivity contribution in [2.24, 2.45) is 5.73 Å². The summed E-state index contributed by atoms with van der Waals surface area (Å²) >= 11 is 5.98. The van der Waals surface area contributed by atoms with Crippen LogP contribution in [0.15, 0.2) is 78.9 Å². The maximum Gasteiger partial charge on any atom is 0.258 e. The average Bonchev–Trinajstić information content (AvgIpc) is 2.72. The highest BCUT2D eigenvalue weighted by molar-refractivity contribution is 6.30. The fraction of sp³-hybridized carbons (Fsp3) is 0.0909. The molecule has 0 fully saturated rings. The van der Waals surface area contributed by atoms with Crippen LogP contribution in [-0.2, 0) is 4.79 Å². The predicted molar refractivity (Wildman–Crippen MR) is 108 cm³/mol. The first-order chi connectivity index (χ1) is 13.5. The third kappa shape index (κ3) is 5.11. The first-order valence-corrected chi connectivity index (χ1v) is 9.03. The number of nitrogens with two attached hydrogens (primary N) is 1. The van der Waals surface area contributed by atoms with Crippen LogP contribution in [-0.4, -0.2) is 18.4 Å². The number of carbonyl (C=O) groups excluding carboxylic acids is 2. The second-order valence-corrected chi connectivity index (χ2v) is 6.58. The lowest BCUT2D eigenvalue weighted by Crippen LogP contribution is -2.33. The molecule has 0 heterocycles. The average molecular weight is 395 g/mol. The van der Waals surface area contributed by atoms with Crippen LogP contribution >= 0.6 is 11.6 Å². The first kappa shape index (κ1) is 19.5. The van der Waals surface area contributed by atoms with E-state index < -0.39 is 5.91 Å². The molecule has 0 aromatic heterocycles. The van der Waals surface area contributed by atoms with Crippen molar-refractivity contribution in [3.05, 3.63) is 101 Å². The van der Waals surface area contributed by atoms with E-state index in [9.17, 15) is 9.59 Å². The summed E-state index contributed by atoms with van der Waals surface area (Å²) in [5.41, 5.74) is 7.45. The van der Waals surface area contributed by atoms with Crippen LogP contribution in [0.3, 0.4) is 0 Å². The zero-order valence-electron chi connectivity index (χ0n) is 15.0. The van der Waals surface area contributed by atoms with Crippen LogP contribution in [0.2, 0.25) is 5.02 Å². The molecule has 0 saturated carbocycles. The first-order valence-electron chi connectivity index (χ1n) is 8.65. The molecular formula is C22H19ClN2O3. The number of ether oxygens (including phenoxy) is 1. The summed E-state index contributed by atoms with van der Waals surface area (Å²) in [4.78, 5) is 23.6. The largest absolute Gasteiger partial charge is 0.484 e. The molecule has 0 bridgehead atoms. The molecular weight excluding hydrogens is 376 g/mol. The normalized spacial score (nSPS) is 11.5. The number of hydrogen-bond acceptors (Lipinski definition) is 3. The van der Waals surface area contributed by atoms with Crippen LogP contribution in [0.1, 0.15) is 27.5 Å². The number of primary amides is 1. The minimum Gasteiger partial charge on any atom is -0.484 e. The minimum atomic E-state index is -0.516. The van der Waals surface area contributed by atoms with Gasteiger partial charge in [0.25, 0.3) is 5.91 Å². The molecule has 28 heavy (non-hydrogen) atoms. The van der Waals surface area contributed by atoms with E-state index in [0.29, 0.717) is 16.3 Å². The Hall–Kier alpha value is -3.31. The quantitative estimate of drug-likeness (QED) is 0.640. The highest BCUT2D eigenvalue weighted by Crippen LogP contribution is 2.23. The van der Waals surface area contributed by atoms with Crippen molar-refractivity contribution in [3.63, 3.8) is 0 Å². The molecule has 3 aromatic carbocycles. The van der Waals surface area contributed by atoms with E-state index in [0.717, 1.165) is 11.1 Å². The van der Waals surface area contributed by atoms with Crippen LogP contribution in [0, 0.1) is 0 Å². The molecule has 0 aliphatic carbocycles. The molecule has 142 valence electrons. The molecule has 1 atom stereocenters. The lowest BCUT2D eigenvalue weighted by atomic mass is 9.99. The fourth-order valence-electron chi connectivity index (χ4n) is 2.73. The summed E-state index contributed by atoms with van der Waals surface area (Å²) in [6, 6.07) is 23.0. The molecule has 0 aliphatic rings. The van der Waals surface area contributed by atoms with Crippen molar-refractivity contribution in [3.8, 4) is 5.75 Å². The maximum atomic E-state index is 12.5. The third-order valence-electron chi connectivity index (χ3n) is 4.15. The summed E-state index contributed by atoms with van der Waals surface area (Å²) in [5, 5.41) is 3.62. The summed E-state index contributed by atoms with van der Waals surface area (Å²) in [5.74, 6) is -0.316. The Bertz CT molecular complexity index is 942. The lowest BCUT2D eigenvalue weighted by molar-refractivity contribution is -0.123. The second kappa shape index (κ2) is 9.06. The minimum absolute atomic E-state index is 0.160. The number of nitrogens with one attached hydrogen (secondary N) is 1. The zero-order valence-corrected chi connectivity index (χ0v) is 15.7. The Labute approximate surface area is 168 Å². The van der Waals surface area contributed by atoms with Gasteiger partial charge < -0.3 is 15.8 Å². The Morgan fingerprint density at radius 2 is 1.50 bits per heavy atom. The van der Waals surface area contributed by atoms with Gasteiger partial charge in [-0.25, -0.2) is 0 Å². The highest BCUT2D eigenvalue weighted by Gasteiger charge is 2.17. The highest BCUT2D eigenvalue weighted by atomic mass is 35.5.